The number of sulfonamides is 1. The number of hydrogen-bond acceptors (Lipinski definition) is 5. The smallest absolute Gasteiger partial charge is 0.289 e. The summed E-state index contributed by atoms with van der Waals surface area (Å²) in [6, 6.07) is 8.80. The minimum absolute atomic E-state index is 0.0413. The number of amides is 1. The molecule has 3 rings (SSSR count). The second-order valence-corrected chi connectivity index (χ2v) is 8.23. The van der Waals surface area contributed by atoms with Gasteiger partial charge in [-0.05, 0) is 42.8 Å². The summed E-state index contributed by atoms with van der Waals surface area (Å²) in [5, 5.41) is 0. The Labute approximate surface area is 157 Å². The Bertz CT molecular complexity index is 844. The van der Waals surface area contributed by atoms with E-state index in [-0.39, 0.29) is 42.9 Å². The summed E-state index contributed by atoms with van der Waals surface area (Å²) < 4.78 is 49.6. The quantitative estimate of drug-likeness (QED) is 0.669. The number of furan rings is 1. The van der Waals surface area contributed by atoms with Gasteiger partial charge in [-0.1, -0.05) is 0 Å². The van der Waals surface area contributed by atoms with Crippen LogP contribution in [0.5, 0.6) is 5.75 Å². The molecule has 0 unspecified atom stereocenters. The molecule has 27 heavy (non-hydrogen) atoms. The molecule has 1 saturated heterocycles. The van der Waals surface area contributed by atoms with Gasteiger partial charge in [0.25, 0.3) is 5.91 Å². The predicted molar refractivity (Wildman–Crippen MR) is 96.5 cm³/mol. The third kappa shape index (κ3) is 5.08. The number of rotatable bonds is 7. The topological polar surface area (TPSA) is 80.1 Å². The van der Waals surface area contributed by atoms with Gasteiger partial charge in [-0.25, -0.2) is 12.8 Å². The first-order valence-electron chi connectivity index (χ1n) is 8.65. The maximum atomic E-state index is 12.8. The van der Waals surface area contributed by atoms with Crippen LogP contribution in [0.3, 0.4) is 0 Å². The van der Waals surface area contributed by atoms with Crippen LogP contribution >= 0.6 is 0 Å². The van der Waals surface area contributed by atoms with E-state index >= 15 is 0 Å². The normalized spacial score (nSPS) is 15.7. The van der Waals surface area contributed by atoms with Gasteiger partial charge in [0.1, 0.15) is 11.6 Å². The van der Waals surface area contributed by atoms with Crippen LogP contribution in [-0.4, -0.2) is 62.1 Å². The maximum Gasteiger partial charge on any atom is 0.289 e. The molecule has 0 aliphatic carbocycles. The van der Waals surface area contributed by atoms with E-state index in [9.17, 15) is 17.6 Å². The molecular weight excluding hydrogens is 375 g/mol. The van der Waals surface area contributed by atoms with Gasteiger partial charge in [0.15, 0.2) is 5.76 Å². The first-order valence-corrected chi connectivity index (χ1v) is 10.3. The Balaban J connectivity index is 1.42. The number of ether oxygens (including phenoxy) is 1. The first-order chi connectivity index (χ1) is 13.0. The van der Waals surface area contributed by atoms with Gasteiger partial charge in [-0.3, -0.25) is 4.79 Å². The van der Waals surface area contributed by atoms with Crippen LogP contribution in [-0.2, 0) is 10.0 Å². The summed E-state index contributed by atoms with van der Waals surface area (Å²) >= 11 is 0. The van der Waals surface area contributed by atoms with Gasteiger partial charge in [0.2, 0.25) is 10.0 Å². The highest BCUT2D eigenvalue weighted by atomic mass is 32.2. The van der Waals surface area contributed by atoms with E-state index in [1.54, 1.807) is 17.0 Å². The summed E-state index contributed by atoms with van der Waals surface area (Å²) in [6.07, 6.45) is 1.76. The van der Waals surface area contributed by atoms with Crippen molar-refractivity contribution in [2.75, 3.05) is 38.5 Å². The van der Waals surface area contributed by atoms with Gasteiger partial charge in [-0.15, -0.1) is 0 Å². The summed E-state index contributed by atoms with van der Waals surface area (Å²) in [4.78, 5) is 13.8. The van der Waals surface area contributed by atoms with Crippen LogP contribution in [0.1, 0.15) is 17.0 Å². The largest absolute Gasteiger partial charge is 0.494 e. The zero-order chi connectivity index (χ0) is 19.3. The van der Waals surface area contributed by atoms with Gasteiger partial charge < -0.3 is 14.1 Å². The van der Waals surface area contributed by atoms with Crippen molar-refractivity contribution in [1.29, 1.82) is 0 Å². The molecule has 146 valence electrons. The highest BCUT2D eigenvalue weighted by Crippen LogP contribution is 2.14. The molecule has 1 aromatic heterocycles. The van der Waals surface area contributed by atoms with E-state index in [0.29, 0.717) is 25.3 Å². The Morgan fingerprint density at radius 3 is 2.44 bits per heavy atom. The molecule has 7 nitrogen and oxygen atoms in total. The monoisotopic (exact) mass is 396 g/mol. The summed E-state index contributed by atoms with van der Waals surface area (Å²) in [7, 11) is -3.42. The molecule has 0 spiro atoms. The van der Waals surface area contributed by atoms with Crippen LogP contribution in [0, 0.1) is 5.82 Å². The fourth-order valence-corrected chi connectivity index (χ4v) is 4.28. The number of nitrogens with zero attached hydrogens (tertiary/aromatic N) is 2. The molecule has 0 saturated carbocycles. The number of hydrogen-bond donors (Lipinski definition) is 0. The molecule has 0 bridgehead atoms. The molecule has 1 amide bonds. The Hall–Kier alpha value is -2.39. The third-order valence-corrected chi connectivity index (χ3v) is 6.24. The van der Waals surface area contributed by atoms with Crippen molar-refractivity contribution >= 4 is 15.9 Å². The van der Waals surface area contributed by atoms with E-state index in [0.717, 1.165) is 0 Å². The fraction of sp³-hybridized carbons (Fsp3) is 0.389. The molecular formula is C18H21FN2O5S. The Kier molecular flexibility index (Phi) is 6.12. The highest BCUT2D eigenvalue weighted by Gasteiger charge is 2.29. The average molecular weight is 396 g/mol. The molecule has 9 heteroatoms. The lowest BCUT2D eigenvalue weighted by molar-refractivity contribution is 0.0666. The van der Waals surface area contributed by atoms with Crippen LogP contribution in [0.15, 0.2) is 47.1 Å². The number of piperazine rings is 1. The molecule has 1 aromatic carbocycles. The van der Waals surface area contributed by atoms with E-state index in [1.807, 2.05) is 0 Å². The van der Waals surface area contributed by atoms with E-state index < -0.39 is 10.0 Å². The number of carbonyl (C=O) groups excluding carboxylic acids is 1. The molecule has 0 atom stereocenters. The van der Waals surface area contributed by atoms with Crippen molar-refractivity contribution in [2.24, 2.45) is 0 Å². The van der Waals surface area contributed by atoms with E-state index in [2.05, 4.69) is 0 Å². The van der Waals surface area contributed by atoms with Crippen LogP contribution < -0.4 is 4.74 Å². The Morgan fingerprint density at radius 1 is 1.11 bits per heavy atom. The molecule has 2 aromatic rings. The third-order valence-electron chi connectivity index (χ3n) is 4.28. The first kappa shape index (κ1) is 19.4. The molecule has 1 fully saturated rings. The van der Waals surface area contributed by atoms with Gasteiger partial charge in [0.05, 0.1) is 18.6 Å². The molecule has 0 N–H and O–H groups in total. The van der Waals surface area contributed by atoms with Crippen LogP contribution in [0.4, 0.5) is 4.39 Å². The van der Waals surface area contributed by atoms with Crippen molar-refractivity contribution in [3.05, 3.63) is 54.2 Å². The number of halogens is 1. The van der Waals surface area contributed by atoms with Crippen molar-refractivity contribution in [1.82, 2.24) is 9.21 Å². The fourth-order valence-electron chi connectivity index (χ4n) is 2.82. The summed E-state index contributed by atoms with van der Waals surface area (Å²) in [5.41, 5.74) is 0. The zero-order valence-corrected chi connectivity index (χ0v) is 15.5. The van der Waals surface area contributed by atoms with Gasteiger partial charge >= 0.3 is 0 Å². The lowest BCUT2D eigenvalue weighted by Crippen LogP contribution is -2.51. The average Bonchev–Trinajstić information content (AvgIpc) is 3.21. The second kappa shape index (κ2) is 8.53. The second-order valence-electron chi connectivity index (χ2n) is 6.14. The Morgan fingerprint density at radius 2 is 1.81 bits per heavy atom. The summed E-state index contributed by atoms with van der Waals surface area (Å²) in [6.45, 7) is 1.39. The number of benzene rings is 1. The predicted octanol–water partition coefficient (Wildman–Crippen LogP) is 1.98. The standard InChI is InChI=1S/C18H21FN2O5S/c19-15-4-6-16(7-5-15)25-13-2-14-27(23,24)21-10-8-20(9-11-21)18(22)17-3-1-12-26-17/h1,3-7,12H,2,8-11,13-14H2. The van der Waals surface area contributed by atoms with Crippen molar-refractivity contribution in [3.8, 4) is 5.75 Å². The molecule has 2 heterocycles. The van der Waals surface area contributed by atoms with E-state index in [4.69, 9.17) is 9.15 Å². The van der Waals surface area contributed by atoms with E-state index in [1.165, 1.54) is 34.8 Å². The minimum atomic E-state index is -3.42. The molecule has 1 aliphatic rings. The molecule has 0 radical (unpaired) electrons. The van der Waals surface area contributed by atoms with Crippen molar-refractivity contribution in [2.45, 2.75) is 6.42 Å². The molecule has 1 aliphatic heterocycles. The van der Waals surface area contributed by atoms with Crippen LogP contribution in [0.25, 0.3) is 0 Å². The zero-order valence-electron chi connectivity index (χ0n) is 14.7. The lowest BCUT2D eigenvalue weighted by Gasteiger charge is -2.33. The SMILES string of the molecule is O=C(c1ccco1)N1CCN(S(=O)(=O)CCCOc2ccc(F)cc2)CC1. The maximum absolute atomic E-state index is 12.8. The minimum Gasteiger partial charge on any atom is -0.494 e. The lowest BCUT2D eigenvalue weighted by atomic mass is 10.3. The van der Waals surface area contributed by atoms with Crippen molar-refractivity contribution < 1.29 is 26.8 Å². The number of carbonyl (C=O) groups is 1. The van der Waals surface area contributed by atoms with Crippen molar-refractivity contribution in [3.63, 3.8) is 0 Å². The van der Waals surface area contributed by atoms with Crippen LogP contribution in [0.2, 0.25) is 0 Å². The highest BCUT2D eigenvalue weighted by molar-refractivity contribution is 7.89. The van der Waals surface area contributed by atoms with Gasteiger partial charge in [-0.2, -0.15) is 4.31 Å². The summed E-state index contributed by atoms with van der Waals surface area (Å²) in [5.74, 6) is 0.128. The van der Waals surface area contributed by atoms with Gasteiger partial charge in [0, 0.05) is 26.2 Å².